The Hall–Kier alpha value is -3.67. The van der Waals surface area contributed by atoms with Crippen molar-refractivity contribution in [2.24, 2.45) is 10.8 Å². The summed E-state index contributed by atoms with van der Waals surface area (Å²) in [6.07, 6.45) is 2.03. The molecule has 2 aromatic rings. The normalized spacial score (nSPS) is 20.3. The van der Waals surface area contributed by atoms with Crippen molar-refractivity contribution in [2.75, 3.05) is 6.61 Å². The molecule has 204 valence electrons. The minimum atomic E-state index is -0.544. The number of ether oxygens (including phenoxy) is 3. The van der Waals surface area contributed by atoms with E-state index in [0.29, 0.717) is 66.3 Å². The predicted octanol–water partition coefficient (Wildman–Crippen LogP) is 7.01. The lowest BCUT2D eigenvalue weighted by atomic mass is 9.65. The molecule has 0 saturated heterocycles. The van der Waals surface area contributed by atoms with E-state index < -0.39 is 11.9 Å². The van der Waals surface area contributed by atoms with Crippen LogP contribution in [0.3, 0.4) is 0 Å². The molecular weight excluding hydrogens is 492 g/mol. The average molecular weight is 529 g/mol. The highest BCUT2D eigenvalue weighted by Crippen LogP contribution is 2.53. The van der Waals surface area contributed by atoms with Crippen molar-refractivity contribution in [1.82, 2.24) is 0 Å². The zero-order valence-corrected chi connectivity index (χ0v) is 23.6. The number of carbonyl (C=O) groups excluding carboxylic acids is 3. The minimum absolute atomic E-state index is 0.00303. The molecule has 1 aliphatic heterocycles. The average Bonchev–Trinajstić information content (AvgIpc) is 2.82. The van der Waals surface area contributed by atoms with Crippen LogP contribution in [-0.2, 0) is 14.3 Å². The van der Waals surface area contributed by atoms with Crippen molar-refractivity contribution in [1.29, 1.82) is 0 Å². The van der Waals surface area contributed by atoms with Gasteiger partial charge >= 0.3 is 5.97 Å². The van der Waals surface area contributed by atoms with E-state index in [-0.39, 0.29) is 28.1 Å². The molecule has 2 aromatic carbocycles. The third-order valence-corrected chi connectivity index (χ3v) is 7.67. The molecule has 6 heteroatoms. The summed E-state index contributed by atoms with van der Waals surface area (Å²) in [6, 6.07) is 12.5. The molecule has 1 heterocycles. The fraction of sp³-hybridized carbons (Fsp3) is 0.424. The van der Waals surface area contributed by atoms with Gasteiger partial charge < -0.3 is 14.2 Å². The van der Waals surface area contributed by atoms with Crippen LogP contribution in [0.4, 0.5) is 0 Å². The van der Waals surface area contributed by atoms with Gasteiger partial charge in [0.1, 0.15) is 11.5 Å². The lowest BCUT2D eigenvalue weighted by Gasteiger charge is -2.42. The van der Waals surface area contributed by atoms with E-state index in [4.69, 9.17) is 14.2 Å². The van der Waals surface area contributed by atoms with Gasteiger partial charge in [0.25, 0.3) is 0 Å². The van der Waals surface area contributed by atoms with Crippen LogP contribution < -0.4 is 9.47 Å². The van der Waals surface area contributed by atoms with Crippen LogP contribution in [0, 0.1) is 17.8 Å². The largest absolute Gasteiger partial charge is 0.490 e. The molecule has 0 unspecified atom stereocenters. The van der Waals surface area contributed by atoms with Gasteiger partial charge in [-0.25, -0.2) is 4.79 Å². The second kappa shape index (κ2) is 9.82. The Morgan fingerprint density at radius 1 is 0.846 bits per heavy atom. The summed E-state index contributed by atoms with van der Waals surface area (Å²) in [7, 11) is 0. The van der Waals surface area contributed by atoms with Gasteiger partial charge in [0.15, 0.2) is 23.1 Å². The highest BCUT2D eigenvalue weighted by molar-refractivity contribution is 6.06. The molecule has 0 amide bonds. The molecule has 0 fully saturated rings. The van der Waals surface area contributed by atoms with Crippen LogP contribution in [0.5, 0.6) is 11.5 Å². The first-order chi connectivity index (χ1) is 18.4. The van der Waals surface area contributed by atoms with Crippen LogP contribution in [0.15, 0.2) is 65.1 Å². The first kappa shape index (κ1) is 26.9. The molecule has 0 N–H and O–H groups in total. The van der Waals surface area contributed by atoms with Crippen LogP contribution in [-0.4, -0.2) is 24.1 Å². The number of carbonyl (C=O) groups is 3. The monoisotopic (exact) mass is 528 g/mol. The van der Waals surface area contributed by atoms with E-state index in [1.807, 2.05) is 32.0 Å². The number of rotatable bonds is 5. The quantitative estimate of drug-likeness (QED) is 0.307. The van der Waals surface area contributed by atoms with Gasteiger partial charge in [0.05, 0.1) is 12.2 Å². The van der Waals surface area contributed by atoms with Gasteiger partial charge in [-0.05, 0) is 54.5 Å². The molecule has 3 aliphatic rings. The Morgan fingerprint density at radius 2 is 1.41 bits per heavy atom. The number of hydrogen-bond acceptors (Lipinski definition) is 6. The Morgan fingerprint density at radius 3 is 1.95 bits per heavy atom. The second-order valence-corrected chi connectivity index (χ2v) is 12.5. The molecule has 0 aromatic heterocycles. The summed E-state index contributed by atoms with van der Waals surface area (Å²) in [5.41, 5.74) is 2.91. The van der Waals surface area contributed by atoms with E-state index in [0.717, 1.165) is 11.1 Å². The van der Waals surface area contributed by atoms with Crippen molar-refractivity contribution in [2.45, 2.75) is 73.1 Å². The maximum absolute atomic E-state index is 13.6. The maximum Gasteiger partial charge on any atom is 0.343 e. The van der Waals surface area contributed by atoms with Crippen molar-refractivity contribution in [3.8, 4) is 11.5 Å². The van der Waals surface area contributed by atoms with Gasteiger partial charge in [0.2, 0.25) is 0 Å². The molecule has 0 saturated carbocycles. The predicted molar refractivity (Wildman–Crippen MR) is 148 cm³/mol. The van der Waals surface area contributed by atoms with Crippen molar-refractivity contribution < 1.29 is 28.6 Å². The Kier molecular flexibility index (Phi) is 6.78. The highest BCUT2D eigenvalue weighted by atomic mass is 16.6. The third-order valence-electron chi connectivity index (χ3n) is 7.67. The molecule has 0 spiro atoms. The zero-order valence-electron chi connectivity index (χ0n) is 23.6. The lowest BCUT2D eigenvalue weighted by molar-refractivity contribution is -0.120. The van der Waals surface area contributed by atoms with E-state index in [1.54, 1.807) is 24.3 Å². The maximum atomic E-state index is 13.6. The topological polar surface area (TPSA) is 78.9 Å². The Balaban J connectivity index is 1.59. The van der Waals surface area contributed by atoms with E-state index >= 15 is 0 Å². The zero-order chi connectivity index (χ0) is 28.1. The number of allylic oxidation sites excluding steroid dienone is 4. The summed E-state index contributed by atoms with van der Waals surface area (Å²) in [6.45, 7) is 12.4. The van der Waals surface area contributed by atoms with Crippen LogP contribution >= 0.6 is 0 Å². The summed E-state index contributed by atoms with van der Waals surface area (Å²) in [5, 5.41) is 0. The Bertz CT molecular complexity index is 1370. The number of benzene rings is 2. The number of esters is 1. The third kappa shape index (κ3) is 5.29. The van der Waals surface area contributed by atoms with Crippen molar-refractivity contribution in [3.63, 3.8) is 0 Å². The number of aryl methyl sites for hydroxylation is 1. The molecule has 5 rings (SSSR count). The van der Waals surface area contributed by atoms with E-state index in [2.05, 4.69) is 27.7 Å². The molecule has 0 radical (unpaired) electrons. The summed E-state index contributed by atoms with van der Waals surface area (Å²) < 4.78 is 18.0. The van der Waals surface area contributed by atoms with Crippen LogP contribution in [0.1, 0.15) is 87.7 Å². The first-order valence-corrected chi connectivity index (χ1v) is 13.6. The van der Waals surface area contributed by atoms with Gasteiger partial charge in [-0.2, -0.15) is 0 Å². The van der Waals surface area contributed by atoms with Crippen LogP contribution in [0.25, 0.3) is 0 Å². The van der Waals surface area contributed by atoms with Crippen molar-refractivity contribution >= 4 is 17.5 Å². The van der Waals surface area contributed by atoms with E-state index in [9.17, 15) is 14.4 Å². The molecule has 0 atom stereocenters. The molecule has 0 bridgehead atoms. The minimum Gasteiger partial charge on any atom is -0.490 e. The van der Waals surface area contributed by atoms with Crippen molar-refractivity contribution in [3.05, 3.63) is 81.8 Å². The second-order valence-electron chi connectivity index (χ2n) is 12.5. The number of ketones is 2. The fourth-order valence-electron chi connectivity index (χ4n) is 5.91. The number of Topliss-reactive ketones (excluding diaryl/α,β-unsaturated/α-hetero) is 2. The van der Waals surface area contributed by atoms with E-state index in [1.165, 1.54) is 0 Å². The van der Waals surface area contributed by atoms with Gasteiger partial charge in [-0.15, -0.1) is 0 Å². The molecule has 39 heavy (non-hydrogen) atoms. The smallest absolute Gasteiger partial charge is 0.343 e. The standard InChI is InChI=1S/C33H36O6/c1-7-37-25-14-21(12-13-24(25)39-31(36)20-10-8-19(2)9-11-20)28-29-22(34)15-32(3,4)17-26(29)38-27-18-33(5,6)16-23(35)30(27)28/h8-14,28H,7,15-18H2,1-6H3. The molecular formula is C33H36O6. The van der Waals surface area contributed by atoms with Gasteiger partial charge in [-0.1, -0.05) is 51.5 Å². The first-order valence-electron chi connectivity index (χ1n) is 13.6. The SMILES string of the molecule is CCOc1cc(C2C3=C(CC(C)(C)CC3=O)OC3=C2C(=O)CC(C)(C)C3)ccc1OC(=O)c1ccc(C)cc1. The van der Waals surface area contributed by atoms with Gasteiger partial charge in [-0.3, -0.25) is 9.59 Å². The lowest BCUT2D eigenvalue weighted by Crippen LogP contribution is -2.37. The summed E-state index contributed by atoms with van der Waals surface area (Å²) in [5.74, 6) is 0.978. The Labute approximate surface area is 230 Å². The molecule has 6 nitrogen and oxygen atoms in total. The van der Waals surface area contributed by atoms with Gasteiger partial charge in [0, 0.05) is 42.7 Å². The summed E-state index contributed by atoms with van der Waals surface area (Å²) in [4.78, 5) is 40.0. The molecule has 2 aliphatic carbocycles. The fourth-order valence-corrected chi connectivity index (χ4v) is 5.91. The summed E-state index contributed by atoms with van der Waals surface area (Å²) >= 11 is 0. The number of hydrogen-bond donors (Lipinski definition) is 0. The van der Waals surface area contributed by atoms with Crippen LogP contribution in [0.2, 0.25) is 0 Å². The highest BCUT2D eigenvalue weighted by Gasteiger charge is 2.48.